The molecule has 2 aromatic rings. The van der Waals surface area contributed by atoms with Crippen LogP contribution in [0.4, 0.5) is 5.13 Å². The molecule has 0 spiro atoms. The minimum Gasteiger partial charge on any atom is -0.493 e. The Kier molecular flexibility index (Phi) is 5.15. The molecule has 1 saturated carbocycles. The van der Waals surface area contributed by atoms with Crippen LogP contribution in [0, 0.1) is 0 Å². The van der Waals surface area contributed by atoms with E-state index in [4.69, 9.17) is 9.47 Å². The molecule has 1 fully saturated rings. The maximum absolute atomic E-state index is 12.0. The number of carbonyl (C=O) groups excluding carboxylic acids is 1. The number of hydrogen-bond acceptors (Lipinski definition) is 6. The molecular formula is C16H16BrN3O3S. The highest BCUT2D eigenvalue weighted by atomic mass is 79.9. The number of hydrogen-bond donors (Lipinski definition) is 1. The number of methoxy groups -OCH3 is 2. The summed E-state index contributed by atoms with van der Waals surface area (Å²) in [7, 11) is 3.14. The number of halogens is 1. The number of amides is 1. The number of benzene rings is 1. The number of nitrogens with zero attached hydrogens (tertiary/aromatic N) is 2. The molecule has 126 valence electrons. The van der Waals surface area contributed by atoms with Gasteiger partial charge in [0.05, 0.1) is 18.7 Å². The van der Waals surface area contributed by atoms with E-state index in [0.29, 0.717) is 22.5 Å². The van der Waals surface area contributed by atoms with Gasteiger partial charge in [0.2, 0.25) is 11.0 Å². The molecule has 6 nitrogen and oxygen atoms in total. The lowest BCUT2D eigenvalue weighted by Gasteiger charge is -2.10. The molecule has 24 heavy (non-hydrogen) atoms. The van der Waals surface area contributed by atoms with Crippen molar-refractivity contribution in [1.29, 1.82) is 0 Å². The number of nitrogens with one attached hydrogen (secondary N) is 1. The molecule has 0 radical (unpaired) electrons. The molecule has 0 aliphatic heterocycles. The van der Waals surface area contributed by atoms with Crippen LogP contribution in [0.2, 0.25) is 0 Å². The number of carbonyl (C=O) groups is 1. The molecule has 1 aliphatic rings. The third-order valence-corrected chi connectivity index (χ3v) is 5.07. The van der Waals surface area contributed by atoms with Gasteiger partial charge in [0.15, 0.2) is 11.5 Å². The zero-order valence-electron chi connectivity index (χ0n) is 13.2. The summed E-state index contributed by atoms with van der Waals surface area (Å²) in [5, 5.41) is 12.3. The fourth-order valence-electron chi connectivity index (χ4n) is 2.13. The second kappa shape index (κ2) is 7.31. The van der Waals surface area contributed by atoms with Crippen molar-refractivity contribution in [3.05, 3.63) is 33.3 Å². The van der Waals surface area contributed by atoms with Crippen molar-refractivity contribution in [3.63, 3.8) is 0 Å². The number of ether oxygens (including phenoxy) is 2. The maximum Gasteiger partial charge on any atom is 0.250 e. The van der Waals surface area contributed by atoms with Crippen LogP contribution in [0.1, 0.15) is 29.3 Å². The Bertz CT molecular complexity index is 787. The van der Waals surface area contributed by atoms with Crippen molar-refractivity contribution in [2.45, 2.75) is 18.8 Å². The van der Waals surface area contributed by atoms with Gasteiger partial charge in [-0.3, -0.25) is 10.1 Å². The fraction of sp³-hybridized carbons (Fsp3) is 0.312. The van der Waals surface area contributed by atoms with Gasteiger partial charge in [-0.15, -0.1) is 10.2 Å². The van der Waals surface area contributed by atoms with Crippen LogP contribution in [0.15, 0.2) is 22.7 Å². The Hall–Kier alpha value is -1.93. The van der Waals surface area contributed by atoms with Crippen LogP contribution >= 0.6 is 27.3 Å². The van der Waals surface area contributed by atoms with E-state index in [0.717, 1.165) is 27.9 Å². The van der Waals surface area contributed by atoms with Gasteiger partial charge in [0.1, 0.15) is 5.01 Å². The first kappa shape index (κ1) is 16.9. The predicted molar refractivity (Wildman–Crippen MR) is 96.8 cm³/mol. The van der Waals surface area contributed by atoms with Gasteiger partial charge in [-0.2, -0.15) is 0 Å². The van der Waals surface area contributed by atoms with Crippen molar-refractivity contribution >= 4 is 44.4 Å². The summed E-state index contributed by atoms with van der Waals surface area (Å²) >= 11 is 4.86. The zero-order chi connectivity index (χ0) is 17.1. The highest BCUT2D eigenvalue weighted by molar-refractivity contribution is 9.10. The minimum absolute atomic E-state index is 0.251. The highest BCUT2D eigenvalue weighted by Crippen LogP contribution is 2.42. The van der Waals surface area contributed by atoms with E-state index in [1.54, 1.807) is 26.4 Å². The van der Waals surface area contributed by atoms with Gasteiger partial charge >= 0.3 is 0 Å². The van der Waals surface area contributed by atoms with E-state index in [9.17, 15) is 4.79 Å². The standard InChI is InChI=1S/C16H16BrN3O3S/c1-22-12-8-9(7-11(17)14(12)23-2)3-6-13(21)18-16-20-19-15(24-16)10-4-5-10/h3,6-8,10H,4-5H2,1-2H3,(H,18,20,21)/b6-3+. The highest BCUT2D eigenvalue weighted by Gasteiger charge is 2.27. The average Bonchev–Trinajstić information content (AvgIpc) is 3.32. The lowest BCUT2D eigenvalue weighted by Crippen LogP contribution is -2.07. The van der Waals surface area contributed by atoms with Gasteiger partial charge < -0.3 is 9.47 Å². The topological polar surface area (TPSA) is 73.3 Å². The largest absolute Gasteiger partial charge is 0.493 e. The van der Waals surface area contributed by atoms with Gasteiger partial charge in [-0.05, 0) is 52.5 Å². The molecule has 0 saturated heterocycles. The second-order valence-electron chi connectivity index (χ2n) is 5.28. The second-order valence-corrected chi connectivity index (χ2v) is 7.14. The first-order valence-electron chi connectivity index (χ1n) is 7.34. The van der Waals surface area contributed by atoms with Crippen LogP contribution in [0.3, 0.4) is 0 Å². The summed E-state index contributed by atoms with van der Waals surface area (Å²) in [6, 6.07) is 3.64. The fourth-order valence-corrected chi connectivity index (χ4v) is 3.67. The van der Waals surface area contributed by atoms with Gasteiger partial charge in [0, 0.05) is 12.0 Å². The molecule has 8 heteroatoms. The van der Waals surface area contributed by atoms with Crippen LogP contribution in [-0.2, 0) is 4.79 Å². The number of aromatic nitrogens is 2. The summed E-state index contributed by atoms with van der Waals surface area (Å²) in [5.41, 5.74) is 0.811. The van der Waals surface area contributed by atoms with Crippen molar-refractivity contribution in [2.24, 2.45) is 0 Å². The molecule has 0 atom stereocenters. The molecule has 0 bridgehead atoms. The SMILES string of the molecule is COc1cc(/C=C/C(=O)Nc2nnc(C3CC3)s2)cc(Br)c1OC. The van der Waals surface area contributed by atoms with Crippen molar-refractivity contribution in [3.8, 4) is 11.5 Å². The number of rotatable bonds is 6. The maximum atomic E-state index is 12.0. The van der Waals surface area contributed by atoms with E-state index in [1.165, 1.54) is 17.4 Å². The van der Waals surface area contributed by atoms with Crippen molar-refractivity contribution in [2.75, 3.05) is 19.5 Å². The summed E-state index contributed by atoms with van der Waals surface area (Å²) in [5.74, 6) is 1.48. The normalized spacial score (nSPS) is 14.0. The first-order valence-corrected chi connectivity index (χ1v) is 8.95. The number of anilines is 1. The van der Waals surface area contributed by atoms with Crippen LogP contribution in [0.5, 0.6) is 11.5 Å². The average molecular weight is 410 g/mol. The zero-order valence-corrected chi connectivity index (χ0v) is 15.6. The quantitative estimate of drug-likeness (QED) is 0.733. The van der Waals surface area contributed by atoms with E-state index >= 15 is 0 Å². The summed E-state index contributed by atoms with van der Waals surface area (Å²) in [6.07, 6.45) is 5.48. The Balaban J connectivity index is 1.67. The lowest BCUT2D eigenvalue weighted by atomic mass is 10.2. The molecule has 0 unspecified atom stereocenters. The Morgan fingerprint density at radius 2 is 2.12 bits per heavy atom. The molecule has 1 aliphatic carbocycles. The summed E-state index contributed by atoms with van der Waals surface area (Å²) in [4.78, 5) is 12.0. The molecule has 1 amide bonds. The minimum atomic E-state index is -0.251. The smallest absolute Gasteiger partial charge is 0.250 e. The van der Waals surface area contributed by atoms with Crippen LogP contribution in [0.25, 0.3) is 6.08 Å². The lowest BCUT2D eigenvalue weighted by molar-refractivity contribution is -0.111. The van der Waals surface area contributed by atoms with Crippen LogP contribution in [-0.4, -0.2) is 30.3 Å². The molecule has 1 aromatic carbocycles. The van der Waals surface area contributed by atoms with E-state index in [2.05, 4.69) is 31.4 Å². The van der Waals surface area contributed by atoms with Gasteiger partial charge in [0.25, 0.3) is 0 Å². The summed E-state index contributed by atoms with van der Waals surface area (Å²) < 4.78 is 11.3. The molecule has 1 N–H and O–H groups in total. The van der Waals surface area contributed by atoms with E-state index in [-0.39, 0.29) is 5.91 Å². The third kappa shape index (κ3) is 3.93. The van der Waals surface area contributed by atoms with E-state index < -0.39 is 0 Å². The molecule has 3 rings (SSSR count). The first-order chi connectivity index (χ1) is 11.6. The molecule has 1 heterocycles. The van der Waals surface area contributed by atoms with Gasteiger partial charge in [-0.1, -0.05) is 11.3 Å². The predicted octanol–water partition coefficient (Wildman–Crippen LogP) is 3.85. The Morgan fingerprint density at radius 3 is 2.79 bits per heavy atom. The van der Waals surface area contributed by atoms with E-state index in [1.807, 2.05) is 6.07 Å². The monoisotopic (exact) mass is 409 g/mol. The Morgan fingerprint density at radius 1 is 1.33 bits per heavy atom. The molecular weight excluding hydrogens is 394 g/mol. The Labute approximate surface area is 152 Å². The van der Waals surface area contributed by atoms with Gasteiger partial charge in [-0.25, -0.2) is 0 Å². The molecule has 1 aromatic heterocycles. The van der Waals surface area contributed by atoms with Crippen molar-refractivity contribution < 1.29 is 14.3 Å². The van der Waals surface area contributed by atoms with Crippen LogP contribution < -0.4 is 14.8 Å². The summed E-state index contributed by atoms with van der Waals surface area (Å²) in [6.45, 7) is 0. The van der Waals surface area contributed by atoms with Crippen molar-refractivity contribution in [1.82, 2.24) is 10.2 Å². The third-order valence-electron chi connectivity index (χ3n) is 3.48.